The van der Waals surface area contributed by atoms with Crippen molar-refractivity contribution in [2.24, 2.45) is 0 Å². The quantitative estimate of drug-likeness (QED) is 0.655. The molecule has 1 aromatic carbocycles. The van der Waals surface area contributed by atoms with Crippen molar-refractivity contribution in [2.45, 2.75) is 33.1 Å². The molecule has 7 heteroatoms. The van der Waals surface area contributed by atoms with Crippen LogP contribution in [0.4, 0.5) is 0 Å². The summed E-state index contributed by atoms with van der Waals surface area (Å²) in [6.07, 6.45) is 2.42. The minimum atomic E-state index is -3.01. The third kappa shape index (κ3) is 8.19. The lowest BCUT2D eigenvalue weighted by Gasteiger charge is -2.12. The summed E-state index contributed by atoms with van der Waals surface area (Å²) in [5, 5.41) is 2.80. The second kappa shape index (κ2) is 10.2. The summed E-state index contributed by atoms with van der Waals surface area (Å²) in [6.45, 7) is 5.46. The molecule has 136 valence electrons. The van der Waals surface area contributed by atoms with Crippen LogP contribution in [0, 0.1) is 0 Å². The summed E-state index contributed by atoms with van der Waals surface area (Å²) in [6, 6.07) is 5.74. The minimum absolute atomic E-state index is 0.0387. The summed E-state index contributed by atoms with van der Waals surface area (Å²) >= 11 is 0. The first-order valence-corrected chi connectivity index (χ1v) is 10.2. The van der Waals surface area contributed by atoms with Gasteiger partial charge in [0.1, 0.15) is 9.84 Å². The molecular weight excluding hydrogens is 330 g/mol. The zero-order valence-corrected chi connectivity index (χ0v) is 15.4. The van der Waals surface area contributed by atoms with Gasteiger partial charge in [-0.15, -0.1) is 0 Å². The van der Waals surface area contributed by atoms with Gasteiger partial charge in [-0.3, -0.25) is 4.79 Å². The number of rotatable bonds is 11. The predicted molar refractivity (Wildman–Crippen MR) is 94.4 cm³/mol. The summed E-state index contributed by atoms with van der Waals surface area (Å²) < 4.78 is 33.1. The highest BCUT2D eigenvalue weighted by atomic mass is 32.2. The molecule has 1 amide bonds. The van der Waals surface area contributed by atoms with Crippen molar-refractivity contribution in [3.05, 3.63) is 23.8 Å². The Kier molecular flexibility index (Phi) is 8.60. The van der Waals surface area contributed by atoms with Crippen molar-refractivity contribution < 1.29 is 22.7 Å². The Morgan fingerprint density at radius 3 is 2.42 bits per heavy atom. The molecule has 0 saturated heterocycles. The van der Waals surface area contributed by atoms with E-state index in [9.17, 15) is 13.2 Å². The Balaban J connectivity index is 2.44. The summed E-state index contributed by atoms with van der Waals surface area (Å²) in [4.78, 5) is 11.7. The van der Waals surface area contributed by atoms with Crippen molar-refractivity contribution in [1.29, 1.82) is 0 Å². The molecule has 6 nitrogen and oxygen atoms in total. The van der Waals surface area contributed by atoms with Gasteiger partial charge in [0.05, 0.1) is 19.0 Å². The molecule has 0 saturated carbocycles. The van der Waals surface area contributed by atoms with Crippen LogP contribution in [0.15, 0.2) is 18.2 Å². The second-order valence-electron chi connectivity index (χ2n) is 5.48. The Morgan fingerprint density at radius 2 is 1.79 bits per heavy atom. The highest BCUT2D eigenvalue weighted by Crippen LogP contribution is 2.28. The number of amides is 1. The highest BCUT2D eigenvalue weighted by molar-refractivity contribution is 7.90. The fourth-order valence-electron chi connectivity index (χ4n) is 2.18. The van der Waals surface area contributed by atoms with Gasteiger partial charge in [0.15, 0.2) is 11.5 Å². The first kappa shape index (κ1) is 20.3. The molecule has 0 aromatic heterocycles. The van der Waals surface area contributed by atoms with Crippen LogP contribution in [0.1, 0.15) is 32.3 Å². The third-order valence-corrected chi connectivity index (χ3v) is 4.29. The minimum Gasteiger partial charge on any atom is -0.490 e. The van der Waals surface area contributed by atoms with E-state index in [0.29, 0.717) is 44.1 Å². The lowest BCUT2D eigenvalue weighted by molar-refractivity contribution is -0.121. The molecule has 0 radical (unpaired) electrons. The van der Waals surface area contributed by atoms with Gasteiger partial charge in [-0.1, -0.05) is 6.07 Å². The average molecular weight is 357 g/mol. The van der Waals surface area contributed by atoms with Gasteiger partial charge in [0.2, 0.25) is 5.91 Å². The Hall–Kier alpha value is -1.76. The number of hydrogen-bond acceptors (Lipinski definition) is 5. The van der Waals surface area contributed by atoms with Gasteiger partial charge in [-0.2, -0.15) is 0 Å². The molecule has 0 atom stereocenters. The first-order valence-electron chi connectivity index (χ1n) is 8.18. The van der Waals surface area contributed by atoms with Crippen molar-refractivity contribution in [3.8, 4) is 11.5 Å². The Morgan fingerprint density at radius 1 is 1.12 bits per heavy atom. The highest BCUT2D eigenvalue weighted by Gasteiger charge is 2.08. The number of carbonyl (C=O) groups is 1. The molecule has 0 bridgehead atoms. The predicted octanol–water partition coefficient (Wildman–Crippen LogP) is 1.97. The number of carbonyl (C=O) groups excluding carboxylic acids is 1. The largest absolute Gasteiger partial charge is 0.490 e. The van der Waals surface area contributed by atoms with E-state index < -0.39 is 9.84 Å². The monoisotopic (exact) mass is 357 g/mol. The second-order valence-corrected chi connectivity index (χ2v) is 7.74. The molecule has 1 N–H and O–H groups in total. The van der Waals surface area contributed by atoms with E-state index in [0.717, 1.165) is 5.56 Å². The van der Waals surface area contributed by atoms with E-state index in [1.807, 2.05) is 32.0 Å². The SMILES string of the molecule is CCOc1ccc(CCNC(=O)CCCS(C)(=O)=O)cc1OCC. The molecule has 0 heterocycles. The first-order chi connectivity index (χ1) is 11.4. The normalized spacial score (nSPS) is 11.1. The van der Waals surface area contributed by atoms with Gasteiger partial charge in [0, 0.05) is 19.2 Å². The van der Waals surface area contributed by atoms with Crippen LogP contribution in [-0.4, -0.2) is 46.1 Å². The van der Waals surface area contributed by atoms with Crippen LogP contribution in [0.3, 0.4) is 0 Å². The Labute approximate surface area is 144 Å². The van der Waals surface area contributed by atoms with Gasteiger partial charge < -0.3 is 14.8 Å². The van der Waals surface area contributed by atoms with Crippen LogP contribution < -0.4 is 14.8 Å². The van der Waals surface area contributed by atoms with Gasteiger partial charge >= 0.3 is 0 Å². The molecule has 0 spiro atoms. The lowest BCUT2D eigenvalue weighted by Crippen LogP contribution is -2.25. The van der Waals surface area contributed by atoms with Crippen molar-refractivity contribution in [3.63, 3.8) is 0 Å². The van der Waals surface area contributed by atoms with Crippen LogP contribution in [0.25, 0.3) is 0 Å². The van der Waals surface area contributed by atoms with Crippen LogP contribution in [-0.2, 0) is 21.1 Å². The molecule has 1 rings (SSSR count). The standard InChI is InChI=1S/C17H27NO5S/c1-4-22-15-9-8-14(13-16(15)23-5-2)10-11-18-17(19)7-6-12-24(3,20)21/h8-9,13H,4-7,10-12H2,1-3H3,(H,18,19). The van der Waals surface area contributed by atoms with E-state index in [1.165, 1.54) is 6.26 Å². The van der Waals surface area contributed by atoms with E-state index in [-0.39, 0.29) is 18.1 Å². The zero-order chi connectivity index (χ0) is 18.0. The van der Waals surface area contributed by atoms with Crippen LogP contribution in [0.5, 0.6) is 11.5 Å². The molecule has 0 aliphatic heterocycles. The van der Waals surface area contributed by atoms with Crippen LogP contribution >= 0.6 is 0 Å². The molecule has 0 fully saturated rings. The van der Waals surface area contributed by atoms with Gasteiger partial charge in [0.25, 0.3) is 0 Å². The molecular formula is C17H27NO5S. The number of nitrogens with one attached hydrogen (secondary N) is 1. The van der Waals surface area contributed by atoms with Gasteiger partial charge in [-0.25, -0.2) is 8.42 Å². The van der Waals surface area contributed by atoms with E-state index in [4.69, 9.17) is 9.47 Å². The summed E-state index contributed by atoms with van der Waals surface area (Å²) in [7, 11) is -3.01. The molecule has 1 aromatic rings. The maximum absolute atomic E-state index is 11.7. The maximum Gasteiger partial charge on any atom is 0.220 e. The van der Waals surface area contributed by atoms with E-state index in [1.54, 1.807) is 0 Å². The topological polar surface area (TPSA) is 81.7 Å². The van der Waals surface area contributed by atoms with E-state index in [2.05, 4.69) is 5.32 Å². The number of ether oxygens (including phenoxy) is 2. The number of sulfone groups is 1. The average Bonchev–Trinajstić information content (AvgIpc) is 2.49. The molecule has 24 heavy (non-hydrogen) atoms. The maximum atomic E-state index is 11.7. The third-order valence-electron chi connectivity index (χ3n) is 3.26. The molecule has 0 unspecified atom stereocenters. The van der Waals surface area contributed by atoms with Gasteiger partial charge in [-0.05, 0) is 44.4 Å². The van der Waals surface area contributed by atoms with Crippen molar-refractivity contribution in [1.82, 2.24) is 5.32 Å². The molecule has 0 aliphatic carbocycles. The van der Waals surface area contributed by atoms with Crippen LogP contribution in [0.2, 0.25) is 0 Å². The smallest absolute Gasteiger partial charge is 0.220 e. The summed E-state index contributed by atoms with van der Waals surface area (Å²) in [5.74, 6) is 1.33. The van der Waals surface area contributed by atoms with E-state index >= 15 is 0 Å². The number of hydrogen-bond donors (Lipinski definition) is 1. The number of benzene rings is 1. The lowest BCUT2D eigenvalue weighted by atomic mass is 10.1. The van der Waals surface area contributed by atoms with Crippen molar-refractivity contribution in [2.75, 3.05) is 31.8 Å². The molecule has 0 aliphatic rings. The summed E-state index contributed by atoms with van der Waals surface area (Å²) in [5.41, 5.74) is 1.04. The fraction of sp³-hybridized carbons (Fsp3) is 0.588. The Bertz CT molecular complexity index is 628. The fourth-order valence-corrected chi connectivity index (χ4v) is 2.85. The van der Waals surface area contributed by atoms with Crippen molar-refractivity contribution >= 4 is 15.7 Å². The zero-order valence-electron chi connectivity index (χ0n) is 14.6.